The van der Waals surface area contributed by atoms with Crippen LogP contribution in [-0.2, 0) is 6.54 Å². The van der Waals surface area contributed by atoms with Crippen LogP contribution in [0.5, 0.6) is 0 Å². The Morgan fingerprint density at radius 1 is 1.22 bits per heavy atom. The maximum atomic E-state index is 14.2. The molecule has 1 amide bonds. The summed E-state index contributed by atoms with van der Waals surface area (Å²) in [6.07, 6.45) is 6.11. The second-order valence-electron chi connectivity index (χ2n) is 8.88. The number of hydrogen-bond donors (Lipinski definition) is 3. The van der Waals surface area contributed by atoms with E-state index in [2.05, 4.69) is 30.8 Å². The maximum Gasteiger partial charge on any atom is 0.255 e. The highest BCUT2D eigenvalue weighted by atomic mass is 19.1. The number of pyridine rings is 1. The molecule has 11 nitrogen and oxygen atoms in total. The summed E-state index contributed by atoms with van der Waals surface area (Å²) in [7, 11) is 0. The molecule has 4 aromatic rings. The summed E-state index contributed by atoms with van der Waals surface area (Å²) in [5.74, 6) is -0.604. The first kappa shape index (κ1) is 25.6. The van der Waals surface area contributed by atoms with Gasteiger partial charge in [-0.15, -0.1) is 0 Å². The average molecular weight is 510 g/mol. The van der Waals surface area contributed by atoms with Crippen molar-refractivity contribution < 1.29 is 18.7 Å². The van der Waals surface area contributed by atoms with Gasteiger partial charge in [-0.2, -0.15) is 15.5 Å². The molecule has 1 atom stereocenters. The van der Waals surface area contributed by atoms with Gasteiger partial charge in [0.25, 0.3) is 5.91 Å². The van der Waals surface area contributed by atoms with Gasteiger partial charge in [0.05, 0.1) is 65.6 Å². The first-order chi connectivity index (χ1) is 17.7. The lowest BCUT2D eigenvalue weighted by molar-refractivity contribution is -0.00177. The van der Waals surface area contributed by atoms with Crippen LogP contribution in [-0.4, -0.2) is 65.4 Å². The number of aliphatic hydroxyl groups is 1. The van der Waals surface area contributed by atoms with Crippen LogP contribution in [0.15, 0.2) is 43.1 Å². The topological polar surface area (TPSA) is 146 Å². The van der Waals surface area contributed by atoms with Gasteiger partial charge in [-0.05, 0) is 26.3 Å². The fourth-order valence-corrected chi connectivity index (χ4v) is 3.45. The molecule has 1 unspecified atom stereocenters. The molecule has 3 N–H and O–H groups in total. The SMILES string of the molecule is CC(C)(O)C(F)CNC(=O)c1cnc(-c2cnc3cc(C#N)cnn23)cc1Nc1cnn(CCCF)c1. The summed E-state index contributed by atoms with van der Waals surface area (Å²) in [5, 5.41) is 33.0. The van der Waals surface area contributed by atoms with Gasteiger partial charge in [-0.1, -0.05) is 0 Å². The van der Waals surface area contributed by atoms with Crippen molar-refractivity contribution >= 4 is 22.9 Å². The van der Waals surface area contributed by atoms with Crippen molar-refractivity contribution in [2.45, 2.75) is 38.6 Å². The number of carbonyl (C=O) groups excluding carboxylic acids is 1. The number of nitrogens with zero attached hydrogens (tertiary/aromatic N) is 7. The zero-order valence-corrected chi connectivity index (χ0v) is 20.2. The molecule has 0 spiro atoms. The van der Waals surface area contributed by atoms with Gasteiger partial charge in [0, 0.05) is 25.0 Å². The largest absolute Gasteiger partial charge is 0.387 e. The Bertz CT molecular complexity index is 1450. The van der Waals surface area contributed by atoms with E-state index in [4.69, 9.17) is 5.26 Å². The number of aryl methyl sites for hydroxylation is 1. The van der Waals surface area contributed by atoms with Crippen molar-refractivity contribution in [3.63, 3.8) is 0 Å². The lowest BCUT2D eigenvalue weighted by atomic mass is 10.0. The minimum Gasteiger partial charge on any atom is -0.387 e. The molecule has 0 radical (unpaired) electrons. The van der Waals surface area contributed by atoms with Gasteiger partial charge >= 0.3 is 0 Å². The normalized spacial score (nSPS) is 12.3. The second-order valence-corrected chi connectivity index (χ2v) is 8.88. The Morgan fingerprint density at radius 3 is 2.76 bits per heavy atom. The average Bonchev–Trinajstić information content (AvgIpc) is 3.51. The van der Waals surface area contributed by atoms with Gasteiger partial charge in [0.15, 0.2) is 5.65 Å². The predicted molar refractivity (Wildman–Crippen MR) is 131 cm³/mol. The molecule has 37 heavy (non-hydrogen) atoms. The third-order valence-electron chi connectivity index (χ3n) is 5.54. The summed E-state index contributed by atoms with van der Waals surface area (Å²) in [5.41, 5.74) is 1.13. The number of alkyl halides is 2. The van der Waals surface area contributed by atoms with Crippen molar-refractivity contribution in [3.05, 3.63) is 54.2 Å². The van der Waals surface area contributed by atoms with E-state index >= 15 is 0 Å². The number of amides is 1. The zero-order valence-electron chi connectivity index (χ0n) is 20.2. The second kappa shape index (κ2) is 10.7. The molecule has 4 heterocycles. The van der Waals surface area contributed by atoms with Crippen molar-refractivity contribution in [2.24, 2.45) is 0 Å². The molecule has 0 saturated heterocycles. The maximum absolute atomic E-state index is 14.2. The molecule has 4 rings (SSSR count). The van der Waals surface area contributed by atoms with Crippen molar-refractivity contribution in [2.75, 3.05) is 18.5 Å². The van der Waals surface area contributed by atoms with E-state index in [9.17, 15) is 18.7 Å². The van der Waals surface area contributed by atoms with E-state index in [1.165, 1.54) is 37.0 Å². The van der Waals surface area contributed by atoms with E-state index in [0.717, 1.165) is 0 Å². The number of nitriles is 1. The molecule has 0 aliphatic heterocycles. The molecular weight excluding hydrogens is 484 g/mol. The zero-order chi connectivity index (χ0) is 26.6. The van der Waals surface area contributed by atoms with Crippen LogP contribution in [0.4, 0.5) is 20.2 Å². The van der Waals surface area contributed by atoms with Gasteiger partial charge in [0.1, 0.15) is 17.9 Å². The summed E-state index contributed by atoms with van der Waals surface area (Å²) in [6.45, 7) is 2.15. The van der Waals surface area contributed by atoms with E-state index in [1.807, 2.05) is 6.07 Å². The van der Waals surface area contributed by atoms with Crippen LogP contribution in [0, 0.1) is 11.3 Å². The monoisotopic (exact) mass is 509 g/mol. The molecule has 192 valence electrons. The van der Waals surface area contributed by atoms with Crippen LogP contribution in [0.25, 0.3) is 17.0 Å². The highest BCUT2D eigenvalue weighted by Crippen LogP contribution is 2.27. The third-order valence-corrected chi connectivity index (χ3v) is 5.54. The third kappa shape index (κ3) is 5.87. The highest BCUT2D eigenvalue weighted by molar-refractivity contribution is 6.00. The fraction of sp³-hybridized carbons (Fsp3) is 0.333. The molecule has 13 heteroatoms. The Hall–Kier alpha value is -4.44. The van der Waals surface area contributed by atoms with Crippen molar-refractivity contribution in [3.8, 4) is 17.5 Å². The fourth-order valence-electron chi connectivity index (χ4n) is 3.45. The van der Waals surface area contributed by atoms with Gasteiger partial charge in [-0.3, -0.25) is 18.9 Å². The van der Waals surface area contributed by atoms with Crippen LogP contribution < -0.4 is 10.6 Å². The van der Waals surface area contributed by atoms with Gasteiger partial charge in [-0.25, -0.2) is 13.9 Å². The summed E-state index contributed by atoms with van der Waals surface area (Å²) < 4.78 is 29.8. The number of hydrogen-bond acceptors (Lipinski definition) is 8. The smallest absolute Gasteiger partial charge is 0.255 e. The van der Waals surface area contributed by atoms with Crippen LogP contribution in [0.1, 0.15) is 36.2 Å². The Balaban J connectivity index is 1.68. The Labute approximate surface area is 210 Å². The number of fused-ring (bicyclic) bond motifs is 1. The van der Waals surface area contributed by atoms with Gasteiger partial charge < -0.3 is 15.7 Å². The molecule has 0 bridgehead atoms. The number of halogens is 2. The number of nitrogens with one attached hydrogen (secondary N) is 2. The summed E-state index contributed by atoms with van der Waals surface area (Å²) in [6, 6.07) is 5.21. The van der Waals surface area contributed by atoms with Crippen LogP contribution >= 0.6 is 0 Å². The number of anilines is 2. The summed E-state index contributed by atoms with van der Waals surface area (Å²) >= 11 is 0. The molecule has 0 aromatic carbocycles. The van der Waals surface area contributed by atoms with E-state index in [0.29, 0.717) is 46.9 Å². The van der Waals surface area contributed by atoms with Crippen LogP contribution in [0.2, 0.25) is 0 Å². The van der Waals surface area contributed by atoms with Crippen molar-refractivity contribution in [1.82, 2.24) is 34.7 Å². The molecule has 0 saturated carbocycles. The molecule has 0 fully saturated rings. The quantitative estimate of drug-likeness (QED) is 0.296. The minimum atomic E-state index is -1.68. The number of carbonyl (C=O) groups is 1. The minimum absolute atomic E-state index is 0.122. The molecule has 0 aliphatic rings. The standard InChI is InChI=1S/C24H25F2N9O2/c1-24(2,37)21(26)13-30-23(36)17-11-28-19(20-12-29-22-6-15(8-27)9-32-35(20)22)7-18(17)33-16-10-31-34(14-16)5-3-4-25/h6-7,9-12,14,21,37H,3-5,13H2,1-2H3,(H,28,33)(H,30,36). The first-order valence-electron chi connectivity index (χ1n) is 11.4. The lowest BCUT2D eigenvalue weighted by Gasteiger charge is -2.22. The first-order valence-corrected chi connectivity index (χ1v) is 11.4. The van der Waals surface area contributed by atoms with Crippen molar-refractivity contribution in [1.29, 1.82) is 5.26 Å². The van der Waals surface area contributed by atoms with E-state index in [1.54, 1.807) is 29.2 Å². The van der Waals surface area contributed by atoms with Crippen LogP contribution in [0.3, 0.4) is 0 Å². The summed E-state index contributed by atoms with van der Waals surface area (Å²) in [4.78, 5) is 21.6. The predicted octanol–water partition coefficient (Wildman–Crippen LogP) is 2.80. The Morgan fingerprint density at radius 2 is 2.03 bits per heavy atom. The van der Waals surface area contributed by atoms with E-state index < -0.39 is 30.9 Å². The number of rotatable bonds is 10. The number of aromatic nitrogens is 6. The van der Waals surface area contributed by atoms with E-state index in [-0.39, 0.29) is 5.56 Å². The molecular formula is C24H25F2N9O2. The number of imidazole rings is 1. The molecule has 4 aromatic heterocycles. The Kier molecular flexibility index (Phi) is 7.40. The van der Waals surface area contributed by atoms with Gasteiger partial charge in [0.2, 0.25) is 0 Å². The highest BCUT2D eigenvalue weighted by Gasteiger charge is 2.27. The lowest BCUT2D eigenvalue weighted by Crippen LogP contribution is -2.42. The molecule has 0 aliphatic carbocycles.